The van der Waals surface area contributed by atoms with Crippen LogP contribution in [0.3, 0.4) is 0 Å². The third kappa shape index (κ3) is 2.98. The fourth-order valence-electron chi connectivity index (χ4n) is 3.42. The Kier molecular flexibility index (Phi) is 3.81. The summed E-state index contributed by atoms with van der Waals surface area (Å²) >= 11 is 6.03. The molecule has 0 aliphatic carbocycles. The van der Waals surface area contributed by atoms with Gasteiger partial charge >= 0.3 is 0 Å². The molecule has 4 rings (SSSR count). The van der Waals surface area contributed by atoms with Crippen molar-refractivity contribution in [2.24, 2.45) is 5.73 Å². The number of nitrogens with zero attached hydrogens (tertiary/aromatic N) is 3. The number of aromatic nitrogens is 2. The summed E-state index contributed by atoms with van der Waals surface area (Å²) in [6, 6.07) is 14.5. The molecule has 1 fully saturated rings. The molecule has 2 N–H and O–H groups in total. The van der Waals surface area contributed by atoms with Crippen molar-refractivity contribution in [3.63, 3.8) is 0 Å². The van der Waals surface area contributed by atoms with Crippen molar-refractivity contribution in [3.05, 3.63) is 71.1 Å². The smallest absolute Gasteiger partial charge is 0.137 e. The van der Waals surface area contributed by atoms with Crippen molar-refractivity contribution in [1.82, 2.24) is 14.3 Å². The van der Waals surface area contributed by atoms with Gasteiger partial charge in [0.25, 0.3) is 0 Å². The standard InChI is InChI=1S/C18H19ClN4/c19-14-6-7-18-21-15(10-23(18)8-14)9-22-11-16(17(20)12-22)13-4-2-1-3-5-13/h1-8,10,16-17H,9,11-12,20H2/t16-,17+/m0/s1. The quantitative estimate of drug-likeness (QED) is 0.805. The molecule has 0 amide bonds. The summed E-state index contributed by atoms with van der Waals surface area (Å²) < 4.78 is 1.97. The van der Waals surface area contributed by atoms with E-state index in [2.05, 4.69) is 34.1 Å². The zero-order chi connectivity index (χ0) is 15.8. The summed E-state index contributed by atoms with van der Waals surface area (Å²) in [6.07, 6.45) is 3.93. The molecule has 23 heavy (non-hydrogen) atoms. The fourth-order valence-corrected chi connectivity index (χ4v) is 3.59. The largest absolute Gasteiger partial charge is 0.326 e. The number of nitrogens with two attached hydrogens (primary N) is 1. The lowest BCUT2D eigenvalue weighted by molar-refractivity contribution is 0.320. The summed E-state index contributed by atoms with van der Waals surface area (Å²) in [5.74, 6) is 0.391. The molecule has 0 spiro atoms. The van der Waals surface area contributed by atoms with E-state index in [0.29, 0.717) is 10.9 Å². The highest BCUT2D eigenvalue weighted by Gasteiger charge is 2.31. The maximum absolute atomic E-state index is 6.37. The van der Waals surface area contributed by atoms with Crippen molar-refractivity contribution < 1.29 is 0 Å². The third-order valence-electron chi connectivity index (χ3n) is 4.52. The van der Waals surface area contributed by atoms with Crippen LogP contribution >= 0.6 is 11.6 Å². The number of benzene rings is 1. The molecule has 0 saturated carbocycles. The predicted molar refractivity (Wildman–Crippen MR) is 92.6 cm³/mol. The minimum Gasteiger partial charge on any atom is -0.326 e. The predicted octanol–water partition coefficient (Wildman–Crippen LogP) is 2.91. The van der Waals surface area contributed by atoms with Gasteiger partial charge in [-0.3, -0.25) is 4.90 Å². The SMILES string of the molecule is N[C@@H]1CN(Cc2cn3cc(Cl)ccc3n2)C[C@H]1c1ccccc1. The van der Waals surface area contributed by atoms with E-state index in [0.717, 1.165) is 31.0 Å². The van der Waals surface area contributed by atoms with Gasteiger partial charge in [0.15, 0.2) is 0 Å². The molecular formula is C18H19ClN4. The van der Waals surface area contributed by atoms with E-state index < -0.39 is 0 Å². The van der Waals surface area contributed by atoms with Gasteiger partial charge in [-0.25, -0.2) is 4.98 Å². The van der Waals surface area contributed by atoms with Crippen molar-refractivity contribution in [2.45, 2.75) is 18.5 Å². The molecule has 1 aliphatic heterocycles. The molecule has 2 aromatic heterocycles. The second-order valence-electron chi connectivity index (χ2n) is 6.22. The van der Waals surface area contributed by atoms with E-state index >= 15 is 0 Å². The second kappa shape index (κ2) is 5.96. The zero-order valence-corrected chi connectivity index (χ0v) is 13.5. The van der Waals surface area contributed by atoms with Gasteiger partial charge in [-0.1, -0.05) is 41.9 Å². The first kappa shape index (κ1) is 14.7. The zero-order valence-electron chi connectivity index (χ0n) is 12.8. The van der Waals surface area contributed by atoms with Gasteiger partial charge in [0.2, 0.25) is 0 Å². The Morgan fingerprint density at radius 3 is 2.74 bits per heavy atom. The Bertz CT molecular complexity index is 814. The number of imidazole rings is 1. The molecule has 3 heterocycles. The van der Waals surface area contributed by atoms with Crippen molar-refractivity contribution in [1.29, 1.82) is 0 Å². The maximum Gasteiger partial charge on any atom is 0.137 e. The molecule has 118 valence electrons. The number of rotatable bonds is 3. The van der Waals surface area contributed by atoms with Crippen molar-refractivity contribution >= 4 is 17.2 Å². The first-order valence-electron chi connectivity index (χ1n) is 7.85. The van der Waals surface area contributed by atoms with Crippen molar-refractivity contribution in [3.8, 4) is 0 Å². The Balaban J connectivity index is 1.50. The average Bonchev–Trinajstić information content (AvgIpc) is 3.10. The summed E-state index contributed by atoms with van der Waals surface area (Å²) in [7, 11) is 0. The molecule has 2 atom stereocenters. The number of hydrogen-bond acceptors (Lipinski definition) is 3. The fraction of sp³-hybridized carbons (Fsp3) is 0.278. The third-order valence-corrected chi connectivity index (χ3v) is 4.74. The minimum absolute atomic E-state index is 0.170. The first-order valence-corrected chi connectivity index (χ1v) is 8.23. The van der Waals surface area contributed by atoms with Gasteiger partial charge < -0.3 is 10.1 Å². The van der Waals surface area contributed by atoms with Crippen LogP contribution in [0, 0.1) is 0 Å². The molecule has 1 saturated heterocycles. The Hall–Kier alpha value is -1.88. The van der Waals surface area contributed by atoms with Crippen LogP contribution in [0.1, 0.15) is 17.2 Å². The molecule has 5 heteroatoms. The van der Waals surface area contributed by atoms with Crippen LogP contribution in [-0.2, 0) is 6.54 Å². The maximum atomic E-state index is 6.37. The van der Waals surface area contributed by atoms with Crippen molar-refractivity contribution in [2.75, 3.05) is 13.1 Å². The van der Waals surface area contributed by atoms with E-state index in [1.54, 1.807) is 0 Å². The van der Waals surface area contributed by atoms with E-state index in [9.17, 15) is 0 Å². The van der Waals surface area contributed by atoms with Crippen LogP contribution in [0.15, 0.2) is 54.9 Å². The molecule has 1 aliphatic rings. The topological polar surface area (TPSA) is 46.6 Å². The Labute approximate surface area is 140 Å². The average molecular weight is 327 g/mol. The monoisotopic (exact) mass is 326 g/mol. The van der Waals surface area contributed by atoms with Crippen LogP contribution in [0.4, 0.5) is 0 Å². The molecule has 4 nitrogen and oxygen atoms in total. The minimum atomic E-state index is 0.170. The van der Waals surface area contributed by atoms with E-state index in [1.807, 2.05) is 35.0 Å². The van der Waals surface area contributed by atoms with E-state index in [-0.39, 0.29) is 6.04 Å². The van der Waals surface area contributed by atoms with Crippen LogP contribution in [-0.4, -0.2) is 33.4 Å². The Morgan fingerprint density at radius 1 is 1.09 bits per heavy atom. The molecule has 1 aromatic carbocycles. The highest BCUT2D eigenvalue weighted by molar-refractivity contribution is 6.30. The highest BCUT2D eigenvalue weighted by Crippen LogP contribution is 2.27. The number of halogens is 1. The lowest BCUT2D eigenvalue weighted by Crippen LogP contribution is -2.28. The summed E-state index contributed by atoms with van der Waals surface area (Å²) in [5, 5.41) is 0.716. The van der Waals surface area contributed by atoms with E-state index in [1.165, 1.54) is 5.56 Å². The molecule has 0 bridgehead atoms. The normalized spacial score (nSPS) is 22.0. The number of fused-ring (bicyclic) bond motifs is 1. The number of hydrogen-bond donors (Lipinski definition) is 1. The number of pyridine rings is 1. The number of likely N-dealkylation sites (tertiary alicyclic amines) is 1. The molecular weight excluding hydrogens is 308 g/mol. The van der Waals surface area contributed by atoms with Gasteiger partial charge in [0.1, 0.15) is 5.65 Å². The lowest BCUT2D eigenvalue weighted by atomic mass is 9.95. The van der Waals surface area contributed by atoms with Gasteiger partial charge in [-0.2, -0.15) is 0 Å². The van der Waals surface area contributed by atoms with Gasteiger partial charge in [-0.15, -0.1) is 0 Å². The highest BCUT2D eigenvalue weighted by atomic mass is 35.5. The molecule has 0 unspecified atom stereocenters. The first-order chi connectivity index (χ1) is 11.2. The second-order valence-corrected chi connectivity index (χ2v) is 6.66. The van der Waals surface area contributed by atoms with Gasteiger partial charge in [0.05, 0.1) is 10.7 Å². The molecule has 0 radical (unpaired) electrons. The summed E-state index contributed by atoms with van der Waals surface area (Å²) in [5.41, 5.74) is 9.66. The summed E-state index contributed by atoms with van der Waals surface area (Å²) in [6.45, 7) is 2.68. The van der Waals surface area contributed by atoms with Crippen LogP contribution in [0.2, 0.25) is 5.02 Å². The molecule has 3 aromatic rings. The summed E-state index contributed by atoms with van der Waals surface area (Å²) in [4.78, 5) is 7.04. The van der Waals surface area contributed by atoms with Gasteiger partial charge in [0, 0.05) is 44.0 Å². The Morgan fingerprint density at radius 2 is 1.91 bits per heavy atom. The van der Waals surface area contributed by atoms with Crippen LogP contribution in [0.25, 0.3) is 5.65 Å². The van der Waals surface area contributed by atoms with Gasteiger partial charge in [-0.05, 0) is 17.7 Å². The van der Waals surface area contributed by atoms with Crippen LogP contribution < -0.4 is 5.73 Å². The van der Waals surface area contributed by atoms with Crippen LogP contribution in [0.5, 0.6) is 0 Å². The van der Waals surface area contributed by atoms with E-state index in [4.69, 9.17) is 17.3 Å². The lowest BCUT2D eigenvalue weighted by Gasteiger charge is -2.15.